The first kappa shape index (κ1) is 42.2. The van der Waals surface area contributed by atoms with Crippen LogP contribution in [0.25, 0.3) is 0 Å². The molecule has 0 aromatic rings. The smallest absolute Gasteiger partial charge is 0.220 e. The van der Waals surface area contributed by atoms with Crippen molar-refractivity contribution in [2.24, 2.45) is 0 Å². The van der Waals surface area contributed by atoms with Crippen LogP contribution in [0.4, 0.5) is 0 Å². The highest BCUT2D eigenvalue weighted by atomic mass is 16.7. The van der Waals surface area contributed by atoms with E-state index in [1.54, 1.807) is 0 Å². The minimum atomic E-state index is -1.55. The molecule has 1 aliphatic heterocycles. The van der Waals surface area contributed by atoms with Crippen LogP contribution in [0.2, 0.25) is 0 Å². The van der Waals surface area contributed by atoms with Crippen LogP contribution < -0.4 is 5.32 Å². The minimum absolute atomic E-state index is 0.133. The van der Waals surface area contributed by atoms with Crippen molar-refractivity contribution in [1.29, 1.82) is 0 Å². The molecule has 9 heteroatoms. The molecular formula is C36H71NO8. The van der Waals surface area contributed by atoms with Crippen LogP contribution in [0.5, 0.6) is 0 Å². The number of amides is 1. The van der Waals surface area contributed by atoms with Gasteiger partial charge in [0.1, 0.15) is 24.4 Å². The Bertz CT molecular complexity index is 681. The second-order valence-electron chi connectivity index (χ2n) is 13.4. The summed E-state index contributed by atoms with van der Waals surface area (Å²) in [6.45, 7) is 3.79. The SMILES string of the molecule is CCCCCCCCCCCCCC(=O)N[C@@H](CO[C@H]1O[C@@H](CO)[C@H](O)[C@H](O)[C@@H]1O)[C@H](O)CCCCCCCCCCCCC. The Hall–Kier alpha value is -0.810. The summed E-state index contributed by atoms with van der Waals surface area (Å²) in [5, 5.41) is 53.9. The number of hydrogen-bond donors (Lipinski definition) is 6. The van der Waals surface area contributed by atoms with Gasteiger partial charge in [0.2, 0.25) is 5.91 Å². The van der Waals surface area contributed by atoms with E-state index in [0.717, 1.165) is 38.5 Å². The molecule has 45 heavy (non-hydrogen) atoms. The number of aliphatic hydroxyl groups excluding tert-OH is 5. The van der Waals surface area contributed by atoms with Crippen LogP contribution >= 0.6 is 0 Å². The summed E-state index contributed by atoms with van der Waals surface area (Å²) in [5.41, 5.74) is 0. The van der Waals surface area contributed by atoms with Crippen molar-refractivity contribution in [3.8, 4) is 0 Å². The summed E-state index contributed by atoms with van der Waals surface area (Å²) >= 11 is 0. The predicted molar refractivity (Wildman–Crippen MR) is 180 cm³/mol. The fraction of sp³-hybridized carbons (Fsp3) is 0.972. The van der Waals surface area contributed by atoms with E-state index in [2.05, 4.69) is 19.2 Å². The van der Waals surface area contributed by atoms with Crippen molar-refractivity contribution in [3.05, 3.63) is 0 Å². The molecule has 7 atom stereocenters. The average Bonchev–Trinajstić information content (AvgIpc) is 3.04. The Labute approximate surface area is 274 Å². The van der Waals surface area contributed by atoms with E-state index in [1.807, 2.05) is 0 Å². The number of carbonyl (C=O) groups is 1. The molecule has 0 aromatic carbocycles. The molecule has 0 unspecified atom stereocenters. The lowest BCUT2D eigenvalue weighted by Crippen LogP contribution is -2.60. The van der Waals surface area contributed by atoms with Gasteiger partial charge in [-0.15, -0.1) is 0 Å². The van der Waals surface area contributed by atoms with Gasteiger partial charge in [0.05, 0.1) is 25.4 Å². The lowest BCUT2D eigenvalue weighted by molar-refractivity contribution is -0.302. The molecule has 0 spiro atoms. The number of ether oxygens (including phenoxy) is 2. The monoisotopic (exact) mass is 646 g/mol. The number of carbonyl (C=O) groups excluding carboxylic acids is 1. The van der Waals surface area contributed by atoms with Gasteiger partial charge in [-0.1, -0.05) is 149 Å². The summed E-state index contributed by atoms with van der Waals surface area (Å²) in [5.74, 6) is -0.147. The molecule has 6 N–H and O–H groups in total. The largest absolute Gasteiger partial charge is 0.394 e. The second kappa shape index (κ2) is 28.2. The zero-order valence-corrected chi connectivity index (χ0v) is 28.9. The molecule has 268 valence electrons. The molecule has 1 aliphatic rings. The molecule has 1 saturated heterocycles. The van der Waals surface area contributed by atoms with Crippen molar-refractivity contribution in [1.82, 2.24) is 5.32 Å². The van der Waals surface area contributed by atoms with Gasteiger partial charge in [-0.25, -0.2) is 0 Å². The maximum absolute atomic E-state index is 12.8. The van der Waals surface area contributed by atoms with Crippen molar-refractivity contribution in [3.63, 3.8) is 0 Å². The zero-order chi connectivity index (χ0) is 33.1. The molecule has 0 saturated carbocycles. The van der Waals surface area contributed by atoms with Crippen molar-refractivity contribution in [2.45, 2.75) is 211 Å². The van der Waals surface area contributed by atoms with Gasteiger partial charge in [-0.3, -0.25) is 4.79 Å². The van der Waals surface area contributed by atoms with E-state index >= 15 is 0 Å². The number of rotatable bonds is 30. The van der Waals surface area contributed by atoms with Crippen molar-refractivity contribution in [2.75, 3.05) is 13.2 Å². The van der Waals surface area contributed by atoms with E-state index in [4.69, 9.17) is 9.47 Å². The van der Waals surface area contributed by atoms with Gasteiger partial charge in [-0.05, 0) is 12.8 Å². The molecule has 9 nitrogen and oxygen atoms in total. The average molecular weight is 646 g/mol. The maximum atomic E-state index is 12.8. The topological polar surface area (TPSA) is 149 Å². The van der Waals surface area contributed by atoms with Crippen LogP contribution in [0.15, 0.2) is 0 Å². The van der Waals surface area contributed by atoms with Crippen LogP contribution in [-0.2, 0) is 14.3 Å². The normalized spacial score (nSPS) is 23.2. The van der Waals surface area contributed by atoms with Gasteiger partial charge >= 0.3 is 0 Å². The molecule has 0 radical (unpaired) electrons. The Morgan fingerprint density at radius 2 is 1.11 bits per heavy atom. The molecule has 0 bridgehead atoms. The first-order valence-electron chi connectivity index (χ1n) is 18.7. The number of nitrogens with one attached hydrogen (secondary N) is 1. The zero-order valence-electron chi connectivity index (χ0n) is 28.9. The standard InChI is InChI=1S/C36H71NO8/c1-3-5-7-9-11-13-15-17-19-21-23-25-30(39)29(28-44-36-35(43)34(42)33(41)31(27-38)45-36)37-32(40)26-24-22-20-18-16-14-12-10-8-6-4-2/h29-31,33-36,38-39,41-43H,3-28H2,1-2H3,(H,37,40)/t29-,30+,31-,33-,34-,35-,36-/m0/s1. The molecule has 1 heterocycles. The Balaban J connectivity index is 2.44. The fourth-order valence-electron chi connectivity index (χ4n) is 6.10. The highest BCUT2D eigenvalue weighted by molar-refractivity contribution is 5.76. The summed E-state index contributed by atoms with van der Waals surface area (Å²) < 4.78 is 11.2. The number of unbranched alkanes of at least 4 members (excludes halogenated alkanes) is 20. The molecule has 0 aliphatic carbocycles. The van der Waals surface area contributed by atoms with E-state index in [1.165, 1.54) is 103 Å². The summed E-state index contributed by atoms with van der Waals surface area (Å²) in [7, 11) is 0. The Kier molecular flexibility index (Phi) is 26.5. The first-order chi connectivity index (χ1) is 21.8. The summed E-state index contributed by atoms with van der Waals surface area (Å²) in [6, 6.07) is -0.708. The van der Waals surface area contributed by atoms with Crippen LogP contribution in [-0.4, -0.2) is 87.5 Å². The quantitative estimate of drug-likeness (QED) is 0.0517. The third-order valence-corrected chi connectivity index (χ3v) is 9.21. The number of hydrogen-bond acceptors (Lipinski definition) is 8. The van der Waals surface area contributed by atoms with E-state index in [-0.39, 0.29) is 12.5 Å². The third kappa shape index (κ3) is 20.2. The predicted octanol–water partition coefficient (Wildman–Crippen LogP) is 6.05. The van der Waals surface area contributed by atoms with Gasteiger partial charge in [0.25, 0.3) is 0 Å². The van der Waals surface area contributed by atoms with Crippen LogP contribution in [0.1, 0.15) is 168 Å². The lowest BCUT2D eigenvalue weighted by Gasteiger charge is -2.40. The van der Waals surface area contributed by atoms with Crippen LogP contribution in [0.3, 0.4) is 0 Å². The van der Waals surface area contributed by atoms with Gasteiger partial charge < -0.3 is 40.3 Å². The van der Waals surface area contributed by atoms with Gasteiger partial charge in [0.15, 0.2) is 6.29 Å². The molecule has 1 amide bonds. The van der Waals surface area contributed by atoms with E-state index < -0.39 is 49.5 Å². The molecular weight excluding hydrogens is 574 g/mol. The Morgan fingerprint density at radius 3 is 1.58 bits per heavy atom. The van der Waals surface area contributed by atoms with Crippen molar-refractivity contribution >= 4 is 5.91 Å². The summed E-state index contributed by atoms with van der Waals surface area (Å²) in [6.07, 6.45) is 19.6. The molecule has 1 fully saturated rings. The third-order valence-electron chi connectivity index (χ3n) is 9.21. The lowest BCUT2D eigenvalue weighted by atomic mass is 9.99. The van der Waals surface area contributed by atoms with E-state index in [0.29, 0.717) is 12.8 Å². The second-order valence-corrected chi connectivity index (χ2v) is 13.4. The van der Waals surface area contributed by atoms with Crippen LogP contribution in [0, 0.1) is 0 Å². The van der Waals surface area contributed by atoms with E-state index in [9.17, 15) is 30.3 Å². The maximum Gasteiger partial charge on any atom is 0.220 e. The van der Waals surface area contributed by atoms with Gasteiger partial charge in [-0.2, -0.15) is 0 Å². The number of aliphatic hydroxyl groups is 5. The molecule has 0 aromatic heterocycles. The molecule has 1 rings (SSSR count). The highest BCUT2D eigenvalue weighted by Gasteiger charge is 2.44. The van der Waals surface area contributed by atoms with Gasteiger partial charge in [0, 0.05) is 6.42 Å². The highest BCUT2D eigenvalue weighted by Crippen LogP contribution is 2.23. The minimum Gasteiger partial charge on any atom is -0.394 e. The summed E-state index contributed by atoms with van der Waals surface area (Å²) in [4.78, 5) is 12.8. The Morgan fingerprint density at radius 1 is 0.667 bits per heavy atom. The van der Waals surface area contributed by atoms with Crippen molar-refractivity contribution < 1.29 is 39.8 Å². The fourth-order valence-corrected chi connectivity index (χ4v) is 6.10. The first-order valence-corrected chi connectivity index (χ1v) is 18.7.